The average molecular weight is 340 g/mol. The summed E-state index contributed by atoms with van der Waals surface area (Å²) in [4.78, 5) is 0. The van der Waals surface area contributed by atoms with Crippen LogP contribution in [0.2, 0.25) is 0 Å². The van der Waals surface area contributed by atoms with Gasteiger partial charge in [-0.15, -0.1) is 0 Å². The van der Waals surface area contributed by atoms with Crippen LogP contribution in [0.4, 0.5) is 0 Å². The van der Waals surface area contributed by atoms with Gasteiger partial charge in [0.15, 0.2) is 0 Å². The molecule has 0 unspecified atom stereocenters. The van der Waals surface area contributed by atoms with Crippen LogP contribution in [0.1, 0.15) is 0 Å². The second-order valence-electron chi connectivity index (χ2n) is 0. The Morgan fingerprint density at radius 3 is 1.25 bits per heavy atom. The summed E-state index contributed by atoms with van der Waals surface area (Å²) in [6.07, 6.45) is 0. The summed E-state index contributed by atoms with van der Waals surface area (Å²) >= 11 is 0.944. The molecule has 0 aromatic carbocycles. The number of rotatable bonds is 0. The Morgan fingerprint density at radius 2 is 1.25 bits per heavy atom. The molecule has 0 fully saturated rings. The van der Waals surface area contributed by atoms with Gasteiger partial charge in [-0.05, 0) is 0 Å². The monoisotopic (exact) mass is 342 g/mol. The molecule has 4 heteroatoms. The summed E-state index contributed by atoms with van der Waals surface area (Å²) in [5.74, 6) is 0. The van der Waals surface area contributed by atoms with Gasteiger partial charge in [0.05, 0.1) is 0 Å². The maximum absolute atomic E-state index is 8.33. The fraction of sp³-hybridized carbons (Fsp3) is 0. The SMILES string of the molecule is [O]=[Gd].[O]=[Sm]. The Hall–Kier alpha value is 2.26. The second kappa shape index (κ2) is 18.7. The molecule has 0 aliphatic rings. The molecule has 0 rings (SSSR count). The molecule has 0 aliphatic heterocycles. The molecule has 0 aromatic rings. The summed E-state index contributed by atoms with van der Waals surface area (Å²) in [6, 6.07) is 0. The van der Waals surface area contributed by atoms with Gasteiger partial charge in [0.2, 0.25) is 0 Å². The molecule has 0 radical (unpaired) electrons. The minimum absolute atomic E-state index is 0.333. The third kappa shape index (κ3) is 8.86. The molecular weight excluding hydrogens is 340 g/mol. The predicted octanol–water partition coefficient (Wildman–Crippen LogP) is -0.238. The van der Waals surface area contributed by atoms with E-state index in [0.717, 1.165) is 0 Å². The van der Waals surface area contributed by atoms with Gasteiger partial charge in [0.1, 0.15) is 0 Å². The molecule has 0 aliphatic carbocycles. The number of hydrogen-bond donors (Lipinski definition) is 0. The van der Waals surface area contributed by atoms with Crippen LogP contribution in [0, 0.1) is 76.5 Å². The molecule has 0 bridgehead atoms. The molecule has 2 nitrogen and oxygen atoms in total. The molecular formula is GdO2Sm. The van der Waals surface area contributed by atoms with Gasteiger partial charge < -0.3 is 0 Å². The quantitative estimate of drug-likeness (QED) is 0.611. The standard InChI is InChI=1S/Gd.2O.Sm. The van der Waals surface area contributed by atoms with E-state index in [1.165, 1.54) is 0 Å². The Balaban J connectivity index is 0. The summed E-state index contributed by atoms with van der Waals surface area (Å²) in [5.41, 5.74) is 0. The molecule has 0 saturated heterocycles. The van der Waals surface area contributed by atoms with E-state index >= 15 is 0 Å². The van der Waals surface area contributed by atoms with Crippen LogP contribution in [-0.4, -0.2) is 0 Å². The Bertz CT molecular complexity index is 8.00. The van der Waals surface area contributed by atoms with E-state index in [0.29, 0.717) is 76.5 Å². The summed E-state index contributed by atoms with van der Waals surface area (Å²) in [7, 11) is 0. The van der Waals surface area contributed by atoms with Gasteiger partial charge in [-0.25, -0.2) is 0 Å². The van der Waals surface area contributed by atoms with Crippen molar-refractivity contribution in [1.29, 1.82) is 0 Å². The van der Waals surface area contributed by atoms with Crippen LogP contribution in [-0.2, 0) is 2.27 Å². The molecule has 0 N–H and O–H groups in total. The summed E-state index contributed by atoms with van der Waals surface area (Å²) in [6.45, 7) is 0. The molecule has 0 atom stereocenters. The Labute approximate surface area is 76.6 Å². The van der Waals surface area contributed by atoms with E-state index in [1.807, 2.05) is 0 Å². The van der Waals surface area contributed by atoms with Gasteiger partial charge in [-0.1, -0.05) is 0 Å². The zero-order valence-electron chi connectivity index (χ0n) is 1.58. The van der Waals surface area contributed by atoms with Crippen LogP contribution in [0.25, 0.3) is 0 Å². The first-order chi connectivity index (χ1) is 2.00. The van der Waals surface area contributed by atoms with Crippen molar-refractivity contribution in [3.8, 4) is 0 Å². The maximum atomic E-state index is 8.33. The Morgan fingerprint density at radius 1 is 1.25 bits per heavy atom. The van der Waals surface area contributed by atoms with Gasteiger partial charge in [-0.2, -0.15) is 0 Å². The van der Waals surface area contributed by atoms with Crippen LogP contribution in [0.3, 0.4) is 0 Å². The first-order valence-electron chi connectivity index (χ1n) is 0.311. The van der Waals surface area contributed by atoms with Crippen molar-refractivity contribution in [2.75, 3.05) is 0 Å². The van der Waals surface area contributed by atoms with E-state index in [4.69, 9.17) is 2.27 Å². The van der Waals surface area contributed by atoms with Gasteiger partial charge in [0, 0.05) is 0 Å². The normalized spacial score (nSPS) is 2.25. The third-order valence-electron chi connectivity index (χ3n) is 0. The van der Waals surface area contributed by atoms with Gasteiger partial charge >= 0.3 is 78.7 Å². The molecule has 0 saturated carbocycles. The third-order valence-corrected chi connectivity index (χ3v) is 0. The molecule has 0 spiro atoms. The molecule has 0 aromatic heterocycles. The van der Waals surface area contributed by atoms with Crippen molar-refractivity contribution < 1.29 is 78.7 Å². The van der Waals surface area contributed by atoms with Crippen molar-refractivity contribution in [1.82, 2.24) is 0 Å². The van der Waals surface area contributed by atoms with Gasteiger partial charge in [0.25, 0.3) is 0 Å². The second-order valence-corrected chi connectivity index (χ2v) is 0. The van der Waals surface area contributed by atoms with E-state index in [9.17, 15) is 0 Å². The van der Waals surface area contributed by atoms with Crippen molar-refractivity contribution in [3.05, 3.63) is 0 Å². The van der Waals surface area contributed by atoms with E-state index < -0.39 is 0 Å². The van der Waals surface area contributed by atoms with Crippen LogP contribution in [0.15, 0.2) is 0 Å². The van der Waals surface area contributed by atoms with Crippen molar-refractivity contribution >= 4 is 0 Å². The fourth-order valence-corrected chi connectivity index (χ4v) is 0. The summed E-state index contributed by atoms with van der Waals surface area (Å²) in [5, 5.41) is 0. The van der Waals surface area contributed by atoms with Crippen LogP contribution < -0.4 is 0 Å². The van der Waals surface area contributed by atoms with Crippen molar-refractivity contribution in [2.24, 2.45) is 0 Å². The van der Waals surface area contributed by atoms with Gasteiger partial charge in [-0.3, -0.25) is 0 Å². The predicted molar refractivity (Wildman–Crippen MR) is 1.37 cm³/mol. The molecule has 0 amide bonds. The topological polar surface area (TPSA) is 34.1 Å². The zero-order chi connectivity index (χ0) is 4.00. The average Bonchev–Trinajstić information content (AvgIpc) is 1.50. The summed E-state index contributed by atoms with van der Waals surface area (Å²) < 4.78 is 16.6. The fourth-order valence-electron chi connectivity index (χ4n) is 0. The van der Waals surface area contributed by atoms with Crippen LogP contribution in [0.5, 0.6) is 0 Å². The minimum atomic E-state index is 0.333. The number of hydrogen-bond acceptors (Lipinski definition) is 2. The van der Waals surface area contributed by atoms with E-state index in [2.05, 4.69) is 0 Å². The van der Waals surface area contributed by atoms with E-state index in [-0.39, 0.29) is 0 Å². The van der Waals surface area contributed by atoms with E-state index in [1.54, 1.807) is 0 Å². The molecule has 26 valence electrons. The van der Waals surface area contributed by atoms with Crippen molar-refractivity contribution in [2.45, 2.75) is 0 Å². The van der Waals surface area contributed by atoms with Crippen molar-refractivity contribution in [3.63, 3.8) is 0 Å². The molecule has 4 heavy (non-hydrogen) atoms. The zero-order valence-corrected chi connectivity index (χ0v) is 6.47. The Kier molecular flexibility index (Phi) is 44.6. The first-order valence-corrected chi connectivity index (χ1v) is 2.31. The first kappa shape index (κ1) is 9.55. The molecule has 0 heterocycles. The van der Waals surface area contributed by atoms with Crippen LogP contribution >= 0.6 is 0 Å².